The molecule has 0 spiro atoms. The maximum Gasteiger partial charge on any atom is 0.261 e. The van der Waals surface area contributed by atoms with Crippen molar-refractivity contribution in [3.8, 4) is 0 Å². The van der Waals surface area contributed by atoms with Gasteiger partial charge in [0, 0.05) is 30.9 Å². The molecule has 1 atom stereocenters. The maximum atomic E-state index is 13.5. The van der Waals surface area contributed by atoms with Crippen LogP contribution in [0.1, 0.15) is 48.0 Å². The van der Waals surface area contributed by atoms with E-state index in [0.717, 1.165) is 50.9 Å². The van der Waals surface area contributed by atoms with E-state index < -0.39 is 21.9 Å². The molecule has 0 saturated carbocycles. The number of carbonyl (C=O) groups excluding carboxylic acids is 2. The van der Waals surface area contributed by atoms with E-state index in [-0.39, 0.29) is 28.0 Å². The van der Waals surface area contributed by atoms with Crippen LogP contribution in [0, 0.1) is 12.7 Å². The number of aryl methyl sites for hydroxylation is 1. The van der Waals surface area contributed by atoms with Gasteiger partial charge < -0.3 is 9.80 Å². The molecule has 2 heterocycles. The summed E-state index contributed by atoms with van der Waals surface area (Å²) in [5.74, 6) is -0.815. The van der Waals surface area contributed by atoms with Crippen molar-refractivity contribution in [1.82, 2.24) is 9.80 Å². The van der Waals surface area contributed by atoms with Crippen LogP contribution < -0.4 is 4.72 Å². The zero-order chi connectivity index (χ0) is 23.6. The Labute approximate surface area is 193 Å². The van der Waals surface area contributed by atoms with Gasteiger partial charge in [-0.05, 0) is 81.0 Å². The van der Waals surface area contributed by atoms with Gasteiger partial charge in [0.15, 0.2) is 0 Å². The van der Waals surface area contributed by atoms with Crippen LogP contribution >= 0.6 is 0 Å². The van der Waals surface area contributed by atoms with Gasteiger partial charge in [0.1, 0.15) is 11.9 Å². The molecular weight excluding hydrogens is 445 g/mol. The molecule has 0 radical (unpaired) electrons. The third-order valence-corrected chi connectivity index (χ3v) is 7.69. The van der Waals surface area contributed by atoms with Crippen molar-refractivity contribution in [2.45, 2.75) is 50.0 Å². The lowest BCUT2D eigenvalue weighted by atomic mass is 9.98. The predicted octanol–water partition coefficient (Wildman–Crippen LogP) is 3.55. The Morgan fingerprint density at radius 2 is 1.64 bits per heavy atom. The molecule has 0 bridgehead atoms. The third-order valence-electron chi connectivity index (χ3n) is 6.31. The second kappa shape index (κ2) is 9.51. The summed E-state index contributed by atoms with van der Waals surface area (Å²) in [6, 6.07) is 8.85. The van der Waals surface area contributed by atoms with Crippen molar-refractivity contribution in [2.24, 2.45) is 0 Å². The first-order valence-electron chi connectivity index (χ1n) is 11.2. The Balaban J connectivity index is 1.60. The molecule has 2 amide bonds. The average Bonchev–Trinajstić information content (AvgIpc) is 3.35. The summed E-state index contributed by atoms with van der Waals surface area (Å²) >= 11 is 0. The fraction of sp³-hybridized carbons (Fsp3) is 0.417. The summed E-state index contributed by atoms with van der Waals surface area (Å²) in [7, 11) is -3.99. The first-order chi connectivity index (χ1) is 15.8. The third kappa shape index (κ3) is 5.03. The summed E-state index contributed by atoms with van der Waals surface area (Å²) in [6.45, 7) is 3.66. The molecule has 176 valence electrons. The highest BCUT2D eigenvalue weighted by Gasteiger charge is 2.36. The van der Waals surface area contributed by atoms with E-state index >= 15 is 0 Å². The molecule has 33 heavy (non-hydrogen) atoms. The molecule has 2 aromatic rings. The van der Waals surface area contributed by atoms with Crippen molar-refractivity contribution in [3.05, 3.63) is 59.4 Å². The number of likely N-dealkylation sites (tertiary alicyclic amines) is 2. The summed E-state index contributed by atoms with van der Waals surface area (Å²) in [5, 5.41) is 0. The van der Waals surface area contributed by atoms with Crippen molar-refractivity contribution in [2.75, 3.05) is 24.4 Å². The van der Waals surface area contributed by atoms with Gasteiger partial charge in [-0.15, -0.1) is 0 Å². The van der Waals surface area contributed by atoms with Gasteiger partial charge in [0.2, 0.25) is 5.91 Å². The molecule has 1 N–H and O–H groups in total. The van der Waals surface area contributed by atoms with Crippen molar-refractivity contribution >= 4 is 27.5 Å². The molecule has 2 saturated heterocycles. The van der Waals surface area contributed by atoms with Gasteiger partial charge in [-0.2, -0.15) is 0 Å². The molecule has 4 rings (SSSR count). The van der Waals surface area contributed by atoms with Gasteiger partial charge in [-0.3, -0.25) is 14.3 Å². The number of sulfonamides is 1. The highest BCUT2D eigenvalue weighted by molar-refractivity contribution is 7.92. The number of piperidine rings is 1. The minimum Gasteiger partial charge on any atom is -0.341 e. The molecule has 0 unspecified atom stereocenters. The lowest BCUT2D eigenvalue weighted by Crippen LogP contribution is -2.52. The number of halogens is 1. The first-order valence-corrected chi connectivity index (χ1v) is 12.7. The van der Waals surface area contributed by atoms with Gasteiger partial charge in [0.25, 0.3) is 15.9 Å². The van der Waals surface area contributed by atoms with Crippen molar-refractivity contribution in [1.29, 1.82) is 0 Å². The Hall–Kier alpha value is -2.94. The Kier molecular flexibility index (Phi) is 6.69. The first kappa shape index (κ1) is 23.2. The number of rotatable bonds is 5. The smallest absolute Gasteiger partial charge is 0.261 e. The van der Waals surface area contributed by atoms with Gasteiger partial charge in [0.05, 0.1) is 4.90 Å². The highest BCUT2D eigenvalue weighted by Crippen LogP contribution is 2.26. The number of hydrogen-bond acceptors (Lipinski definition) is 4. The molecule has 2 aliphatic heterocycles. The summed E-state index contributed by atoms with van der Waals surface area (Å²) < 4.78 is 41.4. The lowest BCUT2D eigenvalue weighted by Gasteiger charge is -2.37. The molecule has 0 aromatic heterocycles. The van der Waals surface area contributed by atoms with E-state index in [0.29, 0.717) is 18.5 Å². The van der Waals surface area contributed by atoms with Crippen molar-refractivity contribution < 1.29 is 22.4 Å². The van der Waals surface area contributed by atoms with Crippen LogP contribution in [0.3, 0.4) is 0 Å². The van der Waals surface area contributed by atoms with E-state index in [1.807, 2.05) is 4.90 Å². The largest absolute Gasteiger partial charge is 0.341 e. The SMILES string of the molecule is Cc1ccc(S(=O)(=O)Nc2ccc(F)cc2)cc1C(=O)N1CCCC[C@@H]1C(=O)N1CCCC1. The Morgan fingerprint density at radius 1 is 0.970 bits per heavy atom. The Morgan fingerprint density at radius 3 is 2.33 bits per heavy atom. The fourth-order valence-electron chi connectivity index (χ4n) is 4.47. The molecule has 2 aromatic carbocycles. The summed E-state index contributed by atoms with van der Waals surface area (Å²) in [4.78, 5) is 30.0. The summed E-state index contributed by atoms with van der Waals surface area (Å²) in [6.07, 6.45) is 4.25. The van der Waals surface area contributed by atoms with E-state index in [4.69, 9.17) is 0 Å². The number of anilines is 1. The highest BCUT2D eigenvalue weighted by atomic mass is 32.2. The second-order valence-electron chi connectivity index (χ2n) is 8.63. The molecule has 7 nitrogen and oxygen atoms in total. The zero-order valence-electron chi connectivity index (χ0n) is 18.6. The standard InChI is InChI=1S/C24H28FN3O4S/c1-17-7-12-20(33(31,32)26-19-10-8-18(25)9-11-19)16-21(17)23(29)28-15-3-2-6-22(28)24(30)27-13-4-5-14-27/h7-12,16,22,26H,2-6,13-15H2,1H3/t22-/m1/s1. The monoisotopic (exact) mass is 473 g/mol. The average molecular weight is 474 g/mol. The van der Waals surface area contributed by atoms with E-state index in [9.17, 15) is 22.4 Å². The lowest BCUT2D eigenvalue weighted by molar-refractivity contribution is -0.136. The van der Waals surface area contributed by atoms with Crippen LogP contribution in [-0.2, 0) is 14.8 Å². The molecule has 0 aliphatic carbocycles. The quantitative estimate of drug-likeness (QED) is 0.720. The number of nitrogens with zero attached hydrogens (tertiary/aromatic N) is 2. The van der Waals surface area contributed by atoms with Crippen LogP contribution in [0.15, 0.2) is 47.4 Å². The van der Waals surface area contributed by atoms with E-state index in [2.05, 4.69) is 4.72 Å². The van der Waals surface area contributed by atoms with Crippen molar-refractivity contribution in [3.63, 3.8) is 0 Å². The minimum absolute atomic E-state index is 0.0139. The Bertz CT molecular complexity index is 1140. The molecular formula is C24H28FN3O4S. The van der Waals surface area contributed by atoms with E-state index in [1.165, 1.54) is 24.3 Å². The van der Waals surface area contributed by atoms with Gasteiger partial charge in [-0.25, -0.2) is 12.8 Å². The number of benzene rings is 2. The zero-order valence-corrected chi connectivity index (χ0v) is 19.4. The minimum atomic E-state index is -3.99. The van der Waals surface area contributed by atoms with E-state index in [1.54, 1.807) is 17.9 Å². The number of hydrogen-bond donors (Lipinski definition) is 1. The number of amides is 2. The second-order valence-corrected chi connectivity index (χ2v) is 10.3. The number of carbonyl (C=O) groups is 2. The topological polar surface area (TPSA) is 86.8 Å². The molecule has 2 fully saturated rings. The van der Waals surface area contributed by atoms with Crippen LogP contribution in [0.2, 0.25) is 0 Å². The van der Waals surface area contributed by atoms with Gasteiger partial charge in [-0.1, -0.05) is 6.07 Å². The van der Waals surface area contributed by atoms with Crippen LogP contribution in [0.5, 0.6) is 0 Å². The predicted molar refractivity (Wildman–Crippen MR) is 123 cm³/mol. The van der Waals surface area contributed by atoms with Crippen LogP contribution in [0.4, 0.5) is 10.1 Å². The molecule has 9 heteroatoms. The van der Waals surface area contributed by atoms with Gasteiger partial charge >= 0.3 is 0 Å². The maximum absolute atomic E-state index is 13.5. The normalized spacial score (nSPS) is 18.9. The fourth-order valence-corrected chi connectivity index (χ4v) is 5.55. The number of nitrogens with one attached hydrogen (secondary N) is 1. The molecule has 2 aliphatic rings. The van der Waals surface area contributed by atoms with Crippen LogP contribution in [0.25, 0.3) is 0 Å². The summed E-state index contributed by atoms with van der Waals surface area (Å²) in [5.41, 5.74) is 1.12. The van der Waals surface area contributed by atoms with Crippen LogP contribution in [-0.4, -0.2) is 55.7 Å².